The fraction of sp³-hybridized carbons (Fsp3) is 0.348. The summed E-state index contributed by atoms with van der Waals surface area (Å²) in [6.07, 6.45) is 2.41. The normalized spacial score (nSPS) is 17.5. The molecule has 0 saturated carbocycles. The average Bonchev–Trinajstić information content (AvgIpc) is 2.69. The third-order valence-electron chi connectivity index (χ3n) is 5.89. The van der Waals surface area contributed by atoms with Crippen molar-refractivity contribution in [1.82, 2.24) is 9.88 Å². The summed E-state index contributed by atoms with van der Waals surface area (Å²) in [5.41, 5.74) is 4.45. The molecule has 2 aromatic carbocycles. The Morgan fingerprint density at radius 3 is 2.50 bits per heavy atom. The molecule has 0 spiro atoms. The Kier molecular flexibility index (Phi) is 4.64. The highest BCUT2D eigenvalue weighted by atomic mass is 16.1. The number of piperidine rings is 1. The summed E-state index contributed by atoms with van der Waals surface area (Å²) in [6.45, 7) is 6.36. The van der Waals surface area contributed by atoms with Gasteiger partial charge in [-0.15, -0.1) is 0 Å². The van der Waals surface area contributed by atoms with E-state index in [1.807, 2.05) is 13.0 Å². The summed E-state index contributed by atoms with van der Waals surface area (Å²) in [5, 5.41) is 1.10. The fourth-order valence-electron chi connectivity index (χ4n) is 4.14. The van der Waals surface area contributed by atoms with Gasteiger partial charge in [0, 0.05) is 17.1 Å². The van der Waals surface area contributed by atoms with Gasteiger partial charge in [0.2, 0.25) is 0 Å². The van der Waals surface area contributed by atoms with E-state index in [-0.39, 0.29) is 5.56 Å². The number of nitrogens with zero attached hydrogens (tertiary/aromatic N) is 1. The largest absolute Gasteiger partial charge is 0.322 e. The quantitative estimate of drug-likeness (QED) is 0.741. The molecule has 26 heavy (non-hydrogen) atoms. The second kappa shape index (κ2) is 7.08. The molecule has 1 N–H and O–H groups in total. The molecule has 3 aromatic rings. The van der Waals surface area contributed by atoms with Gasteiger partial charge in [-0.1, -0.05) is 42.5 Å². The minimum Gasteiger partial charge on any atom is -0.322 e. The maximum absolute atomic E-state index is 11.9. The topological polar surface area (TPSA) is 36.1 Å². The van der Waals surface area contributed by atoms with Crippen molar-refractivity contribution < 1.29 is 0 Å². The summed E-state index contributed by atoms with van der Waals surface area (Å²) in [5.74, 6) is 0.676. The zero-order valence-corrected chi connectivity index (χ0v) is 15.5. The number of likely N-dealkylation sites (tertiary alicyclic amines) is 1. The van der Waals surface area contributed by atoms with E-state index >= 15 is 0 Å². The zero-order chi connectivity index (χ0) is 18.1. The Bertz CT molecular complexity index is 953. The number of hydrogen-bond acceptors (Lipinski definition) is 2. The fourth-order valence-corrected chi connectivity index (χ4v) is 4.14. The van der Waals surface area contributed by atoms with E-state index in [9.17, 15) is 4.79 Å². The minimum absolute atomic E-state index is 0.00554. The summed E-state index contributed by atoms with van der Waals surface area (Å²) in [4.78, 5) is 17.5. The third-order valence-corrected chi connectivity index (χ3v) is 5.89. The summed E-state index contributed by atoms with van der Waals surface area (Å²) in [7, 11) is 0. The van der Waals surface area contributed by atoms with E-state index in [0.29, 0.717) is 12.0 Å². The predicted molar refractivity (Wildman–Crippen MR) is 108 cm³/mol. The lowest BCUT2D eigenvalue weighted by Gasteiger charge is -2.36. The molecular weight excluding hydrogens is 320 g/mol. The maximum Gasteiger partial charge on any atom is 0.251 e. The monoisotopic (exact) mass is 346 g/mol. The molecule has 1 aromatic heterocycles. The van der Waals surface area contributed by atoms with Gasteiger partial charge in [-0.05, 0) is 74.3 Å². The van der Waals surface area contributed by atoms with Crippen LogP contribution in [-0.2, 0) is 0 Å². The van der Waals surface area contributed by atoms with Crippen molar-refractivity contribution in [3.8, 4) is 0 Å². The Morgan fingerprint density at radius 1 is 1.04 bits per heavy atom. The number of aromatic nitrogens is 1. The van der Waals surface area contributed by atoms with E-state index in [4.69, 9.17) is 0 Å². The van der Waals surface area contributed by atoms with Crippen LogP contribution in [0.2, 0.25) is 0 Å². The van der Waals surface area contributed by atoms with Crippen molar-refractivity contribution in [2.24, 2.45) is 0 Å². The second-order valence-corrected chi connectivity index (χ2v) is 7.53. The van der Waals surface area contributed by atoms with Crippen LogP contribution in [0.4, 0.5) is 0 Å². The molecule has 3 nitrogen and oxygen atoms in total. The first-order valence-corrected chi connectivity index (χ1v) is 9.54. The maximum atomic E-state index is 11.9. The Morgan fingerprint density at radius 2 is 1.77 bits per heavy atom. The first kappa shape index (κ1) is 17.0. The van der Waals surface area contributed by atoms with Gasteiger partial charge in [-0.2, -0.15) is 0 Å². The molecule has 4 rings (SSSR count). The molecule has 1 saturated heterocycles. The standard InChI is InChI=1S/C23H26N2O/c1-16-14-21-9-8-20(15-22(21)24-23(16)26)17(2)25-12-10-19(11-13-25)18-6-4-3-5-7-18/h3-9,14-15,17,19H,10-13H2,1-2H3,(H,24,26). The number of rotatable bonds is 3. The first-order valence-electron chi connectivity index (χ1n) is 9.54. The van der Waals surface area contributed by atoms with E-state index in [1.165, 1.54) is 24.0 Å². The number of fused-ring (bicyclic) bond motifs is 1. The number of aromatic amines is 1. The van der Waals surface area contributed by atoms with Crippen LogP contribution in [0.25, 0.3) is 10.9 Å². The van der Waals surface area contributed by atoms with Crippen LogP contribution in [0.1, 0.15) is 48.4 Å². The smallest absolute Gasteiger partial charge is 0.251 e. The molecule has 0 aliphatic carbocycles. The third kappa shape index (κ3) is 3.32. The van der Waals surface area contributed by atoms with Crippen LogP contribution >= 0.6 is 0 Å². The van der Waals surface area contributed by atoms with E-state index < -0.39 is 0 Å². The Balaban J connectivity index is 1.50. The molecule has 134 valence electrons. The van der Waals surface area contributed by atoms with Gasteiger partial charge in [0.05, 0.1) is 0 Å². The summed E-state index contributed by atoms with van der Waals surface area (Å²) in [6, 6.07) is 19.7. The average molecular weight is 346 g/mol. The lowest BCUT2D eigenvalue weighted by molar-refractivity contribution is 0.162. The van der Waals surface area contributed by atoms with Crippen molar-refractivity contribution in [3.05, 3.63) is 81.6 Å². The lowest BCUT2D eigenvalue weighted by atomic mass is 9.88. The Labute approximate surface area is 154 Å². The minimum atomic E-state index is 0.00554. The highest BCUT2D eigenvalue weighted by Gasteiger charge is 2.24. The van der Waals surface area contributed by atoms with Gasteiger partial charge in [-0.25, -0.2) is 0 Å². The van der Waals surface area contributed by atoms with E-state index in [1.54, 1.807) is 0 Å². The summed E-state index contributed by atoms with van der Waals surface area (Å²) < 4.78 is 0. The molecule has 1 unspecified atom stereocenters. The molecule has 1 atom stereocenters. The van der Waals surface area contributed by atoms with Gasteiger partial charge < -0.3 is 4.98 Å². The van der Waals surface area contributed by atoms with Crippen LogP contribution in [-0.4, -0.2) is 23.0 Å². The van der Waals surface area contributed by atoms with Crippen LogP contribution < -0.4 is 5.56 Å². The van der Waals surface area contributed by atoms with E-state index in [0.717, 1.165) is 29.6 Å². The highest BCUT2D eigenvalue weighted by molar-refractivity contribution is 5.79. The van der Waals surface area contributed by atoms with Gasteiger partial charge in [0.25, 0.3) is 5.56 Å². The van der Waals surface area contributed by atoms with Crippen molar-refractivity contribution in [3.63, 3.8) is 0 Å². The van der Waals surface area contributed by atoms with Crippen molar-refractivity contribution in [2.75, 3.05) is 13.1 Å². The number of H-pyrrole nitrogens is 1. The number of pyridine rings is 1. The molecular formula is C23H26N2O. The molecule has 0 radical (unpaired) electrons. The van der Waals surface area contributed by atoms with Crippen molar-refractivity contribution >= 4 is 10.9 Å². The molecule has 0 bridgehead atoms. The molecule has 1 aliphatic heterocycles. The van der Waals surface area contributed by atoms with Crippen LogP contribution in [0.15, 0.2) is 59.4 Å². The van der Waals surface area contributed by atoms with Crippen molar-refractivity contribution in [1.29, 1.82) is 0 Å². The van der Waals surface area contributed by atoms with Gasteiger partial charge in [-0.3, -0.25) is 9.69 Å². The van der Waals surface area contributed by atoms with Crippen molar-refractivity contribution in [2.45, 2.75) is 38.6 Å². The molecule has 3 heteroatoms. The number of benzene rings is 2. The number of aryl methyl sites for hydroxylation is 1. The van der Waals surface area contributed by atoms with Crippen LogP contribution in [0.5, 0.6) is 0 Å². The first-order chi connectivity index (χ1) is 12.6. The predicted octanol–water partition coefficient (Wildman–Crippen LogP) is 4.78. The van der Waals surface area contributed by atoms with E-state index in [2.05, 4.69) is 65.3 Å². The Hall–Kier alpha value is -2.39. The molecule has 0 amide bonds. The number of hydrogen-bond donors (Lipinski definition) is 1. The molecule has 1 aliphatic rings. The summed E-state index contributed by atoms with van der Waals surface area (Å²) >= 11 is 0. The van der Waals surface area contributed by atoms with Gasteiger partial charge >= 0.3 is 0 Å². The van der Waals surface area contributed by atoms with Gasteiger partial charge in [0.15, 0.2) is 0 Å². The van der Waals surface area contributed by atoms with Crippen LogP contribution in [0.3, 0.4) is 0 Å². The molecule has 2 heterocycles. The van der Waals surface area contributed by atoms with Crippen LogP contribution in [0, 0.1) is 6.92 Å². The zero-order valence-electron chi connectivity index (χ0n) is 15.5. The lowest BCUT2D eigenvalue weighted by Crippen LogP contribution is -2.35. The number of nitrogens with one attached hydrogen (secondary N) is 1. The molecule has 1 fully saturated rings. The van der Waals surface area contributed by atoms with Gasteiger partial charge in [0.1, 0.15) is 0 Å². The highest BCUT2D eigenvalue weighted by Crippen LogP contribution is 2.32. The SMILES string of the molecule is Cc1cc2ccc(C(C)N3CCC(c4ccccc4)CC3)cc2[nH]c1=O. The second-order valence-electron chi connectivity index (χ2n) is 7.53.